The van der Waals surface area contributed by atoms with Crippen LogP contribution in [0.5, 0.6) is 0 Å². The van der Waals surface area contributed by atoms with Crippen LogP contribution in [0.3, 0.4) is 0 Å². The van der Waals surface area contributed by atoms with Gasteiger partial charge in [0, 0.05) is 32.1 Å². The van der Waals surface area contributed by atoms with Crippen LogP contribution in [0.1, 0.15) is 42.2 Å². The van der Waals surface area contributed by atoms with Crippen molar-refractivity contribution >= 4 is 41.3 Å². The van der Waals surface area contributed by atoms with E-state index in [1.807, 2.05) is 24.6 Å². The number of nitrogens with one attached hydrogen (secondary N) is 1. The fraction of sp³-hybridized carbons (Fsp3) is 0.550. The Balaban J connectivity index is 0.00000392. The number of halogens is 1. The van der Waals surface area contributed by atoms with E-state index in [0.29, 0.717) is 6.54 Å². The lowest BCUT2D eigenvalue weighted by Crippen LogP contribution is -2.40. The van der Waals surface area contributed by atoms with Crippen LogP contribution in [0.15, 0.2) is 35.2 Å². The molecular formula is C20H33IN6S. The van der Waals surface area contributed by atoms with Crippen LogP contribution in [-0.4, -0.2) is 45.8 Å². The summed E-state index contributed by atoms with van der Waals surface area (Å²) in [5.74, 6) is 2.71. The lowest BCUT2D eigenvalue weighted by Gasteiger charge is -2.22. The molecule has 0 bridgehead atoms. The Morgan fingerprint density at radius 2 is 2.18 bits per heavy atom. The summed E-state index contributed by atoms with van der Waals surface area (Å²) in [4.78, 5) is 8.40. The van der Waals surface area contributed by atoms with Crippen LogP contribution in [0, 0.1) is 6.92 Å². The van der Waals surface area contributed by atoms with Gasteiger partial charge in [0.1, 0.15) is 12.4 Å². The van der Waals surface area contributed by atoms with Crippen LogP contribution >= 0.6 is 35.3 Å². The molecule has 0 aliphatic heterocycles. The number of aromatic nitrogens is 3. The first-order valence-electron chi connectivity index (χ1n) is 9.59. The molecule has 0 saturated carbocycles. The van der Waals surface area contributed by atoms with E-state index in [-0.39, 0.29) is 24.0 Å². The second-order valence-corrected chi connectivity index (χ2v) is 7.71. The van der Waals surface area contributed by atoms with Crippen LogP contribution in [0.4, 0.5) is 0 Å². The Kier molecular flexibility index (Phi) is 12.1. The van der Waals surface area contributed by atoms with E-state index in [0.717, 1.165) is 50.0 Å². The number of hydrogen-bond donors (Lipinski definition) is 1. The van der Waals surface area contributed by atoms with Crippen molar-refractivity contribution in [2.24, 2.45) is 12.0 Å². The molecule has 0 aliphatic carbocycles. The van der Waals surface area contributed by atoms with Gasteiger partial charge in [-0.3, -0.25) is 0 Å². The van der Waals surface area contributed by atoms with Gasteiger partial charge in [0.05, 0.1) is 0 Å². The van der Waals surface area contributed by atoms with Gasteiger partial charge in [0.2, 0.25) is 0 Å². The molecule has 8 heteroatoms. The number of allylic oxidation sites excluding steroid dienone is 1. The van der Waals surface area contributed by atoms with Gasteiger partial charge in [-0.25, -0.2) is 4.99 Å². The van der Waals surface area contributed by atoms with Gasteiger partial charge < -0.3 is 14.8 Å². The highest BCUT2D eigenvalue weighted by Gasteiger charge is 2.09. The molecule has 0 amide bonds. The first kappa shape index (κ1) is 24.6. The minimum absolute atomic E-state index is 0. The Hall–Kier alpha value is -1.42. The Labute approximate surface area is 190 Å². The maximum atomic E-state index is 4.80. The van der Waals surface area contributed by atoms with Gasteiger partial charge >= 0.3 is 0 Å². The highest BCUT2D eigenvalue weighted by Crippen LogP contribution is 2.08. The fourth-order valence-electron chi connectivity index (χ4n) is 2.72. The Morgan fingerprint density at radius 1 is 1.36 bits per heavy atom. The largest absolute Gasteiger partial charge is 0.356 e. The van der Waals surface area contributed by atoms with E-state index in [4.69, 9.17) is 4.99 Å². The first-order chi connectivity index (χ1) is 13.1. The number of hydrogen-bond acceptors (Lipinski definition) is 4. The number of unbranched alkanes of at least 4 members (excludes halogenated alkanes) is 3. The molecule has 2 aromatic heterocycles. The third-order valence-electron chi connectivity index (χ3n) is 4.55. The van der Waals surface area contributed by atoms with Gasteiger partial charge in [0.15, 0.2) is 11.8 Å². The summed E-state index contributed by atoms with van der Waals surface area (Å²) in [5.41, 5.74) is 0. The highest BCUT2D eigenvalue weighted by molar-refractivity contribution is 14.0. The number of aliphatic imine (C=N–C) groups is 1. The minimum Gasteiger partial charge on any atom is -0.356 e. The predicted molar refractivity (Wildman–Crippen MR) is 130 cm³/mol. The molecule has 1 N–H and O–H groups in total. The molecule has 0 unspecified atom stereocenters. The number of aryl methyl sites for hydroxylation is 1. The molecule has 2 heterocycles. The van der Waals surface area contributed by atoms with E-state index < -0.39 is 0 Å². The summed E-state index contributed by atoms with van der Waals surface area (Å²) in [6.45, 7) is 8.13. The van der Waals surface area contributed by atoms with Crippen molar-refractivity contribution in [3.63, 3.8) is 0 Å². The molecule has 2 aromatic rings. The maximum absolute atomic E-state index is 4.80. The molecule has 0 spiro atoms. The standard InChI is InChI=1S/C20H32N6S.HI/c1-5-6-7-8-9-14-25(3)20(21-13-12-18-11-10-15-27-18)22-16-19-24-23-17(2)26(19)4;/h5,10-11,15H,1,6-9,12-14,16H2,2-4H3,(H,21,22);1H. The summed E-state index contributed by atoms with van der Waals surface area (Å²) in [6.07, 6.45) is 7.65. The van der Waals surface area contributed by atoms with E-state index in [9.17, 15) is 0 Å². The average molecular weight is 516 g/mol. The second kappa shape index (κ2) is 13.7. The van der Waals surface area contributed by atoms with Crippen molar-refractivity contribution in [3.8, 4) is 0 Å². The zero-order valence-electron chi connectivity index (χ0n) is 17.2. The number of rotatable bonds is 11. The molecule has 156 valence electrons. The van der Waals surface area contributed by atoms with E-state index in [1.165, 1.54) is 17.7 Å². The molecule has 0 aromatic carbocycles. The summed E-state index contributed by atoms with van der Waals surface area (Å²) < 4.78 is 1.99. The molecule has 0 fully saturated rings. The third kappa shape index (κ3) is 8.30. The normalized spacial score (nSPS) is 11.2. The molecule has 0 radical (unpaired) electrons. The lowest BCUT2D eigenvalue weighted by atomic mass is 10.2. The van der Waals surface area contributed by atoms with Crippen molar-refractivity contribution in [1.29, 1.82) is 0 Å². The van der Waals surface area contributed by atoms with Crippen molar-refractivity contribution in [3.05, 3.63) is 46.7 Å². The van der Waals surface area contributed by atoms with E-state index >= 15 is 0 Å². The lowest BCUT2D eigenvalue weighted by molar-refractivity contribution is 0.453. The van der Waals surface area contributed by atoms with Crippen LogP contribution in [0.25, 0.3) is 0 Å². The van der Waals surface area contributed by atoms with Crippen molar-refractivity contribution < 1.29 is 0 Å². The fourth-order valence-corrected chi connectivity index (χ4v) is 3.43. The topological polar surface area (TPSA) is 58.3 Å². The highest BCUT2D eigenvalue weighted by atomic mass is 127. The number of nitrogens with zero attached hydrogens (tertiary/aromatic N) is 5. The van der Waals surface area contributed by atoms with Gasteiger partial charge in [-0.2, -0.15) is 0 Å². The van der Waals surface area contributed by atoms with Gasteiger partial charge in [-0.15, -0.1) is 52.1 Å². The second-order valence-electron chi connectivity index (χ2n) is 6.68. The molecule has 2 rings (SSSR count). The zero-order chi connectivity index (χ0) is 19.5. The quantitative estimate of drug-likeness (QED) is 0.160. The molecule has 0 aliphatic rings. The van der Waals surface area contributed by atoms with Crippen molar-refractivity contribution in [2.45, 2.75) is 45.6 Å². The van der Waals surface area contributed by atoms with Crippen LogP contribution < -0.4 is 5.32 Å². The molecule has 0 atom stereocenters. The summed E-state index contributed by atoms with van der Waals surface area (Å²) in [5, 5.41) is 14.0. The number of guanidine groups is 1. The smallest absolute Gasteiger partial charge is 0.194 e. The van der Waals surface area contributed by atoms with Crippen molar-refractivity contribution in [2.75, 3.05) is 20.1 Å². The van der Waals surface area contributed by atoms with Gasteiger partial charge in [-0.1, -0.05) is 18.6 Å². The summed E-state index contributed by atoms with van der Waals surface area (Å²) in [7, 11) is 4.08. The SMILES string of the molecule is C=CCCCCCN(C)C(=NCc1nnc(C)n1C)NCCc1cccs1.I. The zero-order valence-corrected chi connectivity index (χ0v) is 20.4. The Bertz CT molecular complexity index is 710. The third-order valence-corrected chi connectivity index (χ3v) is 5.49. The minimum atomic E-state index is 0. The molecule has 28 heavy (non-hydrogen) atoms. The van der Waals surface area contributed by atoms with Crippen LogP contribution in [-0.2, 0) is 20.0 Å². The number of thiophene rings is 1. The van der Waals surface area contributed by atoms with Crippen LogP contribution in [0.2, 0.25) is 0 Å². The summed E-state index contributed by atoms with van der Waals surface area (Å²) >= 11 is 1.80. The summed E-state index contributed by atoms with van der Waals surface area (Å²) in [6, 6.07) is 4.27. The van der Waals surface area contributed by atoms with Crippen molar-refractivity contribution in [1.82, 2.24) is 25.0 Å². The monoisotopic (exact) mass is 516 g/mol. The van der Waals surface area contributed by atoms with E-state index in [1.54, 1.807) is 11.3 Å². The average Bonchev–Trinajstić information content (AvgIpc) is 3.29. The predicted octanol–water partition coefficient (Wildman–Crippen LogP) is 4.17. The Morgan fingerprint density at radius 3 is 2.82 bits per heavy atom. The first-order valence-corrected chi connectivity index (χ1v) is 10.5. The van der Waals surface area contributed by atoms with E-state index in [2.05, 4.69) is 51.6 Å². The molecular weight excluding hydrogens is 483 g/mol. The maximum Gasteiger partial charge on any atom is 0.194 e. The van der Waals surface area contributed by atoms with Gasteiger partial charge in [-0.05, 0) is 44.1 Å². The van der Waals surface area contributed by atoms with Gasteiger partial charge in [0.25, 0.3) is 0 Å². The molecule has 6 nitrogen and oxygen atoms in total. The molecule has 0 saturated heterocycles.